The van der Waals surface area contributed by atoms with Gasteiger partial charge in [0.25, 0.3) is 0 Å². The summed E-state index contributed by atoms with van der Waals surface area (Å²) < 4.78 is 5.66. The quantitative estimate of drug-likeness (QED) is 0.648. The van der Waals surface area contributed by atoms with Crippen LogP contribution in [0.2, 0.25) is 5.02 Å². The minimum Gasteiger partial charge on any atom is -0.493 e. The highest BCUT2D eigenvalue weighted by Crippen LogP contribution is 2.21. The molecule has 0 unspecified atom stereocenters. The van der Waals surface area contributed by atoms with E-state index in [1.807, 2.05) is 19.1 Å². The summed E-state index contributed by atoms with van der Waals surface area (Å²) in [5.41, 5.74) is 0.992. The van der Waals surface area contributed by atoms with Crippen LogP contribution in [0.4, 0.5) is 0 Å². The van der Waals surface area contributed by atoms with E-state index >= 15 is 0 Å². The second-order valence-electron chi connectivity index (χ2n) is 5.45. The molecule has 1 rings (SSSR count). The fourth-order valence-electron chi connectivity index (χ4n) is 2.17. The number of nitrogens with one attached hydrogen (secondary N) is 1. The summed E-state index contributed by atoms with van der Waals surface area (Å²) in [6.07, 6.45) is 2.81. The highest BCUT2D eigenvalue weighted by atomic mass is 35.5. The van der Waals surface area contributed by atoms with Crippen molar-refractivity contribution in [2.45, 2.75) is 39.5 Å². The number of rotatable bonds is 10. The number of carbonyl (C=O) groups is 1. The number of amides is 1. The Hall–Kier alpha value is -1.26. The van der Waals surface area contributed by atoms with E-state index in [9.17, 15) is 4.79 Å². The van der Waals surface area contributed by atoms with Gasteiger partial charge in [0.2, 0.25) is 5.91 Å². The Bertz CT molecular complexity index is 465. The van der Waals surface area contributed by atoms with Crippen molar-refractivity contribution in [3.63, 3.8) is 0 Å². The second kappa shape index (κ2) is 10.5. The zero-order valence-electron chi connectivity index (χ0n) is 13.4. The number of hydrogen-bond acceptors (Lipinski definition) is 3. The third-order valence-corrected chi connectivity index (χ3v) is 3.88. The highest BCUT2D eigenvalue weighted by molar-refractivity contribution is 6.30. The number of halogens is 1. The monoisotopic (exact) mass is 327 g/mol. The molecule has 0 aliphatic heterocycles. The molecular weight excluding hydrogens is 302 g/mol. The van der Waals surface area contributed by atoms with E-state index in [1.54, 1.807) is 6.07 Å². The van der Waals surface area contributed by atoms with Crippen LogP contribution in [-0.4, -0.2) is 30.8 Å². The van der Waals surface area contributed by atoms with Gasteiger partial charge in [-0.2, -0.15) is 0 Å². The Morgan fingerprint density at radius 3 is 2.86 bits per heavy atom. The predicted octanol–water partition coefficient (Wildman–Crippen LogP) is 3.33. The number of aryl methyl sites for hydroxylation is 1. The van der Waals surface area contributed by atoms with Crippen LogP contribution in [0.15, 0.2) is 18.2 Å². The van der Waals surface area contributed by atoms with E-state index in [2.05, 4.69) is 12.2 Å². The minimum atomic E-state index is 0.0350. The van der Waals surface area contributed by atoms with Crippen LogP contribution in [0.5, 0.6) is 5.75 Å². The van der Waals surface area contributed by atoms with E-state index < -0.39 is 0 Å². The van der Waals surface area contributed by atoms with Crippen molar-refractivity contribution in [2.24, 2.45) is 5.92 Å². The van der Waals surface area contributed by atoms with Crippen LogP contribution in [0.1, 0.15) is 38.2 Å². The van der Waals surface area contributed by atoms with Gasteiger partial charge in [-0.3, -0.25) is 4.79 Å². The van der Waals surface area contributed by atoms with Crippen LogP contribution >= 0.6 is 11.6 Å². The molecule has 0 spiro atoms. The third-order valence-electron chi connectivity index (χ3n) is 3.65. The standard InChI is InChI=1S/C17H26ClNO3/c1-3-14(8-9-20)12-19-17(21)5-4-10-22-16-7-6-15(18)11-13(16)2/h6-7,11,14,20H,3-5,8-10,12H2,1-2H3,(H,19,21)/t14-/m1/s1. The molecule has 0 fully saturated rings. The summed E-state index contributed by atoms with van der Waals surface area (Å²) in [5.74, 6) is 1.19. The molecule has 22 heavy (non-hydrogen) atoms. The molecule has 0 heterocycles. The fraction of sp³-hybridized carbons (Fsp3) is 0.588. The van der Waals surface area contributed by atoms with Gasteiger partial charge in [-0.15, -0.1) is 0 Å². The first-order valence-corrected chi connectivity index (χ1v) is 8.21. The molecule has 0 saturated carbocycles. The normalized spacial score (nSPS) is 12.0. The Labute approximate surface area is 137 Å². The summed E-state index contributed by atoms with van der Waals surface area (Å²) in [4.78, 5) is 11.7. The minimum absolute atomic E-state index is 0.0350. The van der Waals surface area contributed by atoms with Gasteiger partial charge < -0.3 is 15.2 Å². The zero-order valence-corrected chi connectivity index (χ0v) is 14.2. The van der Waals surface area contributed by atoms with Crippen LogP contribution in [0, 0.1) is 12.8 Å². The molecule has 1 amide bonds. The summed E-state index contributed by atoms with van der Waals surface area (Å²) >= 11 is 5.89. The first-order valence-electron chi connectivity index (χ1n) is 7.83. The molecule has 1 aromatic carbocycles. The van der Waals surface area contributed by atoms with Gasteiger partial charge in [0.1, 0.15) is 5.75 Å². The molecule has 2 N–H and O–H groups in total. The van der Waals surface area contributed by atoms with E-state index in [1.165, 1.54) is 0 Å². The average molecular weight is 328 g/mol. The zero-order chi connectivity index (χ0) is 16.4. The van der Waals surface area contributed by atoms with Gasteiger partial charge in [0, 0.05) is 24.6 Å². The molecule has 5 heteroatoms. The van der Waals surface area contributed by atoms with Crippen LogP contribution < -0.4 is 10.1 Å². The Balaban J connectivity index is 2.19. The number of aliphatic hydroxyl groups is 1. The van der Waals surface area contributed by atoms with Crippen molar-refractivity contribution in [1.82, 2.24) is 5.32 Å². The number of ether oxygens (including phenoxy) is 1. The molecule has 4 nitrogen and oxygen atoms in total. The highest BCUT2D eigenvalue weighted by Gasteiger charge is 2.08. The lowest BCUT2D eigenvalue weighted by Crippen LogP contribution is -2.29. The smallest absolute Gasteiger partial charge is 0.220 e. The number of aliphatic hydroxyl groups excluding tert-OH is 1. The van der Waals surface area contributed by atoms with Gasteiger partial charge in [-0.05, 0) is 49.4 Å². The lowest BCUT2D eigenvalue weighted by atomic mass is 10.0. The molecule has 0 bridgehead atoms. The number of carbonyl (C=O) groups excluding carboxylic acids is 1. The maximum atomic E-state index is 11.7. The van der Waals surface area contributed by atoms with Crippen molar-refractivity contribution >= 4 is 17.5 Å². The largest absolute Gasteiger partial charge is 0.493 e. The molecule has 124 valence electrons. The van der Waals surface area contributed by atoms with Gasteiger partial charge in [-0.1, -0.05) is 24.9 Å². The topological polar surface area (TPSA) is 58.6 Å². The lowest BCUT2D eigenvalue weighted by molar-refractivity contribution is -0.121. The van der Waals surface area contributed by atoms with Crippen LogP contribution in [-0.2, 0) is 4.79 Å². The lowest BCUT2D eigenvalue weighted by Gasteiger charge is -2.14. The second-order valence-corrected chi connectivity index (χ2v) is 5.89. The van der Waals surface area contributed by atoms with Gasteiger partial charge in [0.05, 0.1) is 6.61 Å². The van der Waals surface area contributed by atoms with Crippen molar-refractivity contribution in [3.8, 4) is 5.75 Å². The average Bonchev–Trinajstić information content (AvgIpc) is 2.49. The molecule has 0 aliphatic rings. The van der Waals surface area contributed by atoms with Crippen molar-refractivity contribution in [1.29, 1.82) is 0 Å². The number of benzene rings is 1. The Morgan fingerprint density at radius 2 is 2.23 bits per heavy atom. The van der Waals surface area contributed by atoms with E-state index in [0.717, 1.165) is 24.2 Å². The maximum Gasteiger partial charge on any atom is 0.220 e. The summed E-state index contributed by atoms with van der Waals surface area (Å²) in [6, 6.07) is 5.50. The van der Waals surface area contributed by atoms with Crippen molar-refractivity contribution < 1.29 is 14.6 Å². The molecule has 0 saturated heterocycles. The molecular formula is C17H26ClNO3. The first kappa shape index (κ1) is 18.8. The Kier molecular flexibility index (Phi) is 8.94. The van der Waals surface area contributed by atoms with Gasteiger partial charge >= 0.3 is 0 Å². The molecule has 0 aliphatic carbocycles. The predicted molar refractivity (Wildman–Crippen MR) is 89.4 cm³/mol. The molecule has 0 radical (unpaired) electrons. The van der Waals surface area contributed by atoms with E-state index in [-0.39, 0.29) is 12.5 Å². The summed E-state index contributed by atoms with van der Waals surface area (Å²) in [6.45, 7) is 5.31. The van der Waals surface area contributed by atoms with Crippen molar-refractivity contribution in [3.05, 3.63) is 28.8 Å². The van der Waals surface area contributed by atoms with Crippen LogP contribution in [0.25, 0.3) is 0 Å². The summed E-state index contributed by atoms with van der Waals surface area (Å²) in [7, 11) is 0. The third kappa shape index (κ3) is 7.14. The Morgan fingerprint density at radius 1 is 1.45 bits per heavy atom. The van der Waals surface area contributed by atoms with Gasteiger partial charge in [-0.25, -0.2) is 0 Å². The number of hydrogen-bond donors (Lipinski definition) is 2. The van der Waals surface area contributed by atoms with Crippen molar-refractivity contribution in [2.75, 3.05) is 19.8 Å². The van der Waals surface area contributed by atoms with E-state index in [4.69, 9.17) is 21.4 Å². The van der Waals surface area contributed by atoms with Crippen LogP contribution in [0.3, 0.4) is 0 Å². The van der Waals surface area contributed by atoms with E-state index in [0.29, 0.717) is 36.9 Å². The first-order chi connectivity index (χ1) is 10.6. The molecule has 1 atom stereocenters. The van der Waals surface area contributed by atoms with Gasteiger partial charge in [0.15, 0.2) is 0 Å². The molecule has 1 aromatic rings. The fourth-order valence-corrected chi connectivity index (χ4v) is 2.40. The summed E-state index contributed by atoms with van der Waals surface area (Å²) in [5, 5.41) is 12.5. The maximum absolute atomic E-state index is 11.7. The SMILES string of the molecule is CC[C@H](CCO)CNC(=O)CCCOc1ccc(Cl)cc1C. The molecule has 0 aromatic heterocycles.